The lowest BCUT2D eigenvalue weighted by molar-refractivity contribution is -0.132. The Kier molecular flexibility index (Phi) is 5.24. The number of carbonyl (C=O) groups excluding carboxylic acids is 2. The van der Waals surface area contributed by atoms with Crippen LogP contribution in [0.25, 0.3) is 0 Å². The minimum atomic E-state index is -0.645. The van der Waals surface area contributed by atoms with Gasteiger partial charge in [-0.05, 0) is 48.4 Å². The second-order valence-electron chi connectivity index (χ2n) is 5.87. The topological polar surface area (TPSA) is 58.6 Å². The highest BCUT2D eigenvalue weighted by atomic mass is 35.5. The quantitative estimate of drug-likeness (QED) is 0.836. The molecule has 1 aliphatic rings. The maximum absolute atomic E-state index is 12.5. The molecule has 1 N–H and O–H groups in total. The summed E-state index contributed by atoms with van der Waals surface area (Å²) in [5.74, 6) is -0.291. The number of hydrogen-bond donors (Lipinski definition) is 1. The van der Waals surface area contributed by atoms with Gasteiger partial charge in [0.05, 0.1) is 7.11 Å². The fraction of sp³-hybridized carbons (Fsp3) is 0.263. The second kappa shape index (κ2) is 7.57. The van der Waals surface area contributed by atoms with Gasteiger partial charge in [-0.25, -0.2) is 0 Å². The molecule has 0 radical (unpaired) electrons. The number of nitrogens with one attached hydrogen (secondary N) is 1. The Balaban J connectivity index is 1.59. The van der Waals surface area contributed by atoms with Crippen LogP contribution in [0.5, 0.6) is 5.75 Å². The van der Waals surface area contributed by atoms with Crippen LogP contribution in [0, 0.1) is 5.92 Å². The zero-order valence-corrected chi connectivity index (χ0v) is 14.6. The molecule has 2 aromatic carbocycles. The zero-order chi connectivity index (χ0) is 17.8. The first-order valence-electron chi connectivity index (χ1n) is 8.06. The number of nitrogens with zero attached hydrogens (tertiary/aromatic N) is 1. The first-order valence-corrected chi connectivity index (χ1v) is 8.44. The summed E-state index contributed by atoms with van der Waals surface area (Å²) < 4.78 is 5.11. The number of benzene rings is 2. The van der Waals surface area contributed by atoms with Crippen molar-refractivity contribution in [1.29, 1.82) is 0 Å². The molecule has 0 unspecified atom stereocenters. The Morgan fingerprint density at radius 1 is 1.20 bits per heavy atom. The number of anilines is 1. The standard InChI is InChI=1S/C19H19ClN2O3/c1-25-16-8-2-13(3-9-16)12-21-18(23)17-10-11-22(19(17)24)15-6-4-14(20)5-7-15/h2-9,17H,10-12H2,1H3,(H,21,23)/t17-/m0/s1. The minimum absolute atomic E-state index is 0.172. The van der Waals surface area contributed by atoms with Crippen LogP contribution in [0.1, 0.15) is 12.0 Å². The number of methoxy groups -OCH3 is 1. The summed E-state index contributed by atoms with van der Waals surface area (Å²) in [6, 6.07) is 14.5. The van der Waals surface area contributed by atoms with Crippen LogP contribution < -0.4 is 15.0 Å². The number of halogens is 1. The predicted molar refractivity (Wildman–Crippen MR) is 96.8 cm³/mol. The van der Waals surface area contributed by atoms with Gasteiger partial charge in [0.25, 0.3) is 0 Å². The second-order valence-corrected chi connectivity index (χ2v) is 6.31. The molecule has 25 heavy (non-hydrogen) atoms. The monoisotopic (exact) mass is 358 g/mol. The van der Waals surface area contributed by atoms with Crippen molar-refractivity contribution in [3.05, 3.63) is 59.1 Å². The van der Waals surface area contributed by atoms with Gasteiger partial charge in [-0.15, -0.1) is 0 Å². The predicted octanol–water partition coefficient (Wildman–Crippen LogP) is 3.02. The van der Waals surface area contributed by atoms with E-state index >= 15 is 0 Å². The summed E-state index contributed by atoms with van der Waals surface area (Å²) in [5.41, 5.74) is 1.72. The molecule has 1 aliphatic heterocycles. The van der Waals surface area contributed by atoms with E-state index in [9.17, 15) is 9.59 Å². The van der Waals surface area contributed by atoms with Crippen LogP contribution in [-0.4, -0.2) is 25.5 Å². The van der Waals surface area contributed by atoms with Crippen molar-refractivity contribution in [2.24, 2.45) is 5.92 Å². The molecule has 2 amide bonds. The summed E-state index contributed by atoms with van der Waals surface area (Å²) in [5, 5.41) is 3.46. The molecule has 1 fully saturated rings. The molecule has 6 heteroatoms. The summed E-state index contributed by atoms with van der Waals surface area (Å²) in [7, 11) is 1.61. The molecule has 0 saturated carbocycles. The van der Waals surface area contributed by atoms with Gasteiger partial charge in [-0.2, -0.15) is 0 Å². The fourth-order valence-electron chi connectivity index (χ4n) is 2.86. The third kappa shape index (κ3) is 3.94. The number of rotatable bonds is 5. The van der Waals surface area contributed by atoms with E-state index < -0.39 is 5.92 Å². The maximum Gasteiger partial charge on any atom is 0.239 e. The largest absolute Gasteiger partial charge is 0.497 e. The normalized spacial score (nSPS) is 16.8. The summed E-state index contributed by atoms with van der Waals surface area (Å²) >= 11 is 5.88. The van der Waals surface area contributed by atoms with E-state index in [0.29, 0.717) is 24.5 Å². The van der Waals surface area contributed by atoms with Crippen molar-refractivity contribution in [3.8, 4) is 5.75 Å². The highest BCUT2D eigenvalue weighted by molar-refractivity contribution is 6.30. The highest BCUT2D eigenvalue weighted by Gasteiger charge is 2.37. The van der Waals surface area contributed by atoms with Crippen molar-refractivity contribution in [3.63, 3.8) is 0 Å². The van der Waals surface area contributed by atoms with Gasteiger partial charge < -0.3 is 15.0 Å². The van der Waals surface area contributed by atoms with Crippen LogP contribution >= 0.6 is 11.6 Å². The van der Waals surface area contributed by atoms with Crippen LogP contribution in [0.15, 0.2) is 48.5 Å². The summed E-state index contributed by atoms with van der Waals surface area (Å²) in [6.07, 6.45) is 0.510. The van der Waals surface area contributed by atoms with E-state index in [0.717, 1.165) is 17.0 Å². The third-order valence-electron chi connectivity index (χ3n) is 4.29. The highest BCUT2D eigenvalue weighted by Crippen LogP contribution is 2.26. The molecule has 1 atom stereocenters. The van der Waals surface area contributed by atoms with Crippen LogP contribution in [0.2, 0.25) is 5.02 Å². The van der Waals surface area contributed by atoms with Crippen molar-refractivity contribution in [2.75, 3.05) is 18.6 Å². The van der Waals surface area contributed by atoms with Crippen molar-refractivity contribution < 1.29 is 14.3 Å². The van der Waals surface area contributed by atoms with E-state index in [1.54, 1.807) is 36.3 Å². The summed E-state index contributed by atoms with van der Waals surface area (Å²) in [6.45, 7) is 0.911. The Morgan fingerprint density at radius 3 is 2.52 bits per heavy atom. The van der Waals surface area contributed by atoms with E-state index in [4.69, 9.17) is 16.3 Å². The maximum atomic E-state index is 12.5. The summed E-state index contributed by atoms with van der Waals surface area (Å²) in [4.78, 5) is 26.6. The average molecular weight is 359 g/mol. The van der Waals surface area contributed by atoms with E-state index in [1.807, 2.05) is 24.3 Å². The van der Waals surface area contributed by atoms with E-state index in [2.05, 4.69) is 5.32 Å². The van der Waals surface area contributed by atoms with Crippen LogP contribution in [0.4, 0.5) is 5.69 Å². The molecule has 0 aliphatic carbocycles. The Bertz CT molecular complexity index is 759. The van der Waals surface area contributed by atoms with Gasteiger partial charge in [-0.1, -0.05) is 23.7 Å². The molecular formula is C19H19ClN2O3. The number of amides is 2. The molecule has 130 valence electrons. The molecule has 3 rings (SSSR count). The molecule has 0 aromatic heterocycles. The van der Waals surface area contributed by atoms with Gasteiger partial charge in [0.1, 0.15) is 11.7 Å². The molecule has 0 bridgehead atoms. The zero-order valence-electron chi connectivity index (χ0n) is 13.9. The molecule has 0 spiro atoms. The van der Waals surface area contributed by atoms with Crippen molar-refractivity contribution in [1.82, 2.24) is 5.32 Å². The fourth-order valence-corrected chi connectivity index (χ4v) is 2.98. The molecule has 1 saturated heterocycles. The smallest absolute Gasteiger partial charge is 0.239 e. The SMILES string of the molecule is COc1ccc(CNC(=O)[C@@H]2CCN(c3ccc(Cl)cc3)C2=O)cc1. The van der Waals surface area contributed by atoms with Gasteiger partial charge in [0, 0.05) is 23.8 Å². The van der Waals surface area contributed by atoms with Crippen LogP contribution in [0.3, 0.4) is 0 Å². The number of ether oxygens (including phenoxy) is 1. The Labute approximate surface area is 151 Å². The third-order valence-corrected chi connectivity index (χ3v) is 4.54. The molecular weight excluding hydrogens is 340 g/mol. The first-order chi connectivity index (χ1) is 12.1. The lowest BCUT2D eigenvalue weighted by atomic mass is 10.1. The molecule has 5 nitrogen and oxygen atoms in total. The van der Waals surface area contributed by atoms with Gasteiger partial charge in [0.2, 0.25) is 11.8 Å². The lowest BCUT2D eigenvalue weighted by Gasteiger charge is -2.17. The lowest BCUT2D eigenvalue weighted by Crippen LogP contribution is -2.36. The minimum Gasteiger partial charge on any atom is -0.497 e. The van der Waals surface area contributed by atoms with E-state index in [1.165, 1.54) is 0 Å². The first kappa shape index (κ1) is 17.3. The number of carbonyl (C=O) groups is 2. The van der Waals surface area contributed by atoms with Crippen molar-refractivity contribution >= 4 is 29.1 Å². The molecule has 1 heterocycles. The molecule has 2 aromatic rings. The van der Waals surface area contributed by atoms with Crippen molar-refractivity contribution in [2.45, 2.75) is 13.0 Å². The average Bonchev–Trinajstić information content (AvgIpc) is 3.02. The van der Waals surface area contributed by atoms with Gasteiger partial charge in [-0.3, -0.25) is 9.59 Å². The number of hydrogen-bond acceptors (Lipinski definition) is 3. The van der Waals surface area contributed by atoms with Gasteiger partial charge in [0.15, 0.2) is 0 Å². The van der Waals surface area contributed by atoms with Gasteiger partial charge >= 0.3 is 0 Å². The van der Waals surface area contributed by atoms with E-state index in [-0.39, 0.29) is 11.8 Å². The van der Waals surface area contributed by atoms with Crippen LogP contribution in [-0.2, 0) is 16.1 Å². The Hall–Kier alpha value is -2.53. The Morgan fingerprint density at radius 2 is 1.88 bits per heavy atom.